The lowest BCUT2D eigenvalue weighted by Gasteiger charge is -2.04. The second-order valence-electron chi connectivity index (χ2n) is 2.49. The van der Waals surface area contributed by atoms with Crippen LogP contribution >= 0.6 is 15.9 Å². The van der Waals surface area contributed by atoms with Gasteiger partial charge in [0.05, 0.1) is 6.17 Å². The van der Waals surface area contributed by atoms with Gasteiger partial charge < -0.3 is 11.5 Å². The van der Waals surface area contributed by atoms with E-state index in [1.807, 2.05) is 24.3 Å². The maximum Gasteiger partial charge on any atom is 0.0562 e. The molecule has 0 bridgehead atoms. The van der Waals surface area contributed by atoms with Crippen LogP contribution in [0.1, 0.15) is 5.56 Å². The predicted molar refractivity (Wildman–Crippen MR) is 50.0 cm³/mol. The second kappa shape index (κ2) is 3.85. The Morgan fingerprint density at radius 2 is 1.73 bits per heavy atom. The van der Waals surface area contributed by atoms with Gasteiger partial charge in [0.2, 0.25) is 0 Å². The van der Waals surface area contributed by atoms with E-state index in [-0.39, 0.29) is 6.17 Å². The van der Waals surface area contributed by atoms with Crippen molar-refractivity contribution in [3.8, 4) is 0 Å². The van der Waals surface area contributed by atoms with E-state index >= 15 is 0 Å². The fourth-order valence-electron chi connectivity index (χ4n) is 0.893. The summed E-state index contributed by atoms with van der Waals surface area (Å²) >= 11 is 3.35. The number of rotatable bonds is 2. The van der Waals surface area contributed by atoms with Crippen LogP contribution in [0, 0.1) is 0 Å². The molecule has 1 aromatic rings. The molecule has 0 fully saturated rings. The summed E-state index contributed by atoms with van der Waals surface area (Å²) < 4.78 is 1.08. The van der Waals surface area contributed by atoms with Crippen molar-refractivity contribution in [3.05, 3.63) is 34.3 Å². The van der Waals surface area contributed by atoms with Crippen LogP contribution in [0.25, 0.3) is 0 Å². The second-order valence-corrected chi connectivity index (χ2v) is 3.41. The van der Waals surface area contributed by atoms with Crippen molar-refractivity contribution in [1.29, 1.82) is 0 Å². The summed E-state index contributed by atoms with van der Waals surface area (Å²) in [4.78, 5) is 0. The van der Waals surface area contributed by atoms with Gasteiger partial charge in [-0.2, -0.15) is 0 Å². The smallest absolute Gasteiger partial charge is 0.0562 e. The Morgan fingerprint density at radius 1 is 1.18 bits per heavy atom. The van der Waals surface area contributed by atoms with Gasteiger partial charge in [-0.3, -0.25) is 0 Å². The predicted octanol–water partition coefficient (Wildman–Crippen LogP) is 1.24. The van der Waals surface area contributed by atoms with Crippen LogP contribution in [0.3, 0.4) is 0 Å². The van der Waals surface area contributed by atoms with Gasteiger partial charge in [0.1, 0.15) is 0 Å². The monoisotopic (exact) mass is 214 g/mol. The molecule has 0 unspecified atom stereocenters. The summed E-state index contributed by atoms with van der Waals surface area (Å²) in [6, 6.07) is 7.99. The molecule has 0 amide bonds. The Morgan fingerprint density at radius 3 is 2.18 bits per heavy atom. The van der Waals surface area contributed by atoms with Crippen molar-refractivity contribution < 1.29 is 0 Å². The van der Waals surface area contributed by atoms with E-state index in [2.05, 4.69) is 15.9 Å². The van der Waals surface area contributed by atoms with Crippen LogP contribution in [0.2, 0.25) is 0 Å². The number of halogens is 1. The highest BCUT2D eigenvalue weighted by molar-refractivity contribution is 9.10. The van der Waals surface area contributed by atoms with Gasteiger partial charge in [0, 0.05) is 10.9 Å². The van der Waals surface area contributed by atoms with Gasteiger partial charge in [0.25, 0.3) is 0 Å². The molecule has 0 radical (unpaired) electrons. The van der Waals surface area contributed by atoms with E-state index in [0.717, 1.165) is 10.9 Å². The molecule has 0 heterocycles. The minimum absolute atomic E-state index is 0.254. The molecule has 0 saturated carbocycles. The quantitative estimate of drug-likeness (QED) is 0.729. The van der Waals surface area contributed by atoms with Gasteiger partial charge in [-0.25, -0.2) is 0 Å². The van der Waals surface area contributed by atoms with Gasteiger partial charge in [-0.15, -0.1) is 0 Å². The number of benzene rings is 1. The summed E-state index contributed by atoms with van der Waals surface area (Å²) in [5, 5.41) is 0. The van der Waals surface area contributed by atoms with Crippen molar-refractivity contribution in [2.75, 3.05) is 0 Å². The molecule has 11 heavy (non-hydrogen) atoms. The third-order valence-electron chi connectivity index (χ3n) is 1.38. The fourth-order valence-corrected chi connectivity index (χ4v) is 1.16. The molecule has 0 spiro atoms. The first-order chi connectivity index (χ1) is 5.18. The van der Waals surface area contributed by atoms with Crippen molar-refractivity contribution >= 4 is 15.9 Å². The van der Waals surface area contributed by atoms with Crippen LogP contribution in [0.4, 0.5) is 0 Å². The highest BCUT2D eigenvalue weighted by Crippen LogP contribution is 2.10. The maximum atomic E-state index is 5.43. The standard InChI is InChI=1S/C8H11BrN2/c9-7-3-1-6(2-4-7)5-8(10)11/h1-4,8H,5,10-11H2. The molecule has 0 aromatic heterocycles. The first kappa shape index (κ1) is 8.71. The zero-order chi connectivity index (χ0) is 8.27. The molecule has 0 aliphatic rings. The molecule has 60 valence electrons. The van der Waals surface area contributed by atoms with Gasteiger partial charge >= 0.3 is 0 Å². The van der Waals surface area contributed by atoms with E-state index in [1.54, 1.807) is 0 Å². The Hall–Kier alpha value is -0.380. The van der Waals surface area contributed by atoms with Crippen LogP contribution in [-0.4, -0.2) is 6.17 Å². The van der Waals surface area contributed by atoms with E-state index in [9.17, 15) is 0 Å². The summed E-state index contributed by atoms with van der Waals surface area (Å²) in [5.74, 6) is 0. The molecule has 0 atom stereocenters. The lowest BCUT2D eigenvalue weighted by atomic mass is 10.1. The SMILES string of the molecule is NC(N)Cc1ccc(Br)cc1. The van der Waals surface area contributed by atoms with Crippen LogP contribution in [0.5, 0.6) is 0 Å². The van der Waals surface area contributed by atoms with Crippen molar-refractivity contribution in [2.24, 2.45) is 11.5 Å². The molecule has 4 N–H and O–H groups in total. The zero-order valence-electron chi connectivity index (χ0n) is 6.13. The third-order valence-corrected chi connectivity index (χ3v) is 1.91. The topological polar surface area (TPSA) is 52.0 Å². The average molecular weight is 215 g/mol. The molecular weight excluding hydrogens is 204 g/mol. The molecule has 3 heteroatoms. The summed E-state index contributed by atoms with van der Waals surface area (Å²) in [5.41, 5.74) is 12.0. The first-order valence-corrected chi connectivity index (χ1v) is 4.23. The zero-order valence-corrected chi connectivity index (χ0v) is 7.71. The van der Waals surface area contributed by atoms with Crippen LogP contribution in [-0.2, 0) is 6.42 Å². The fraction of sp³-hybridized carbons (Fsp3) is 0.250. The molecule has 2 nitrogen and oxygen atoms in total. The minimum atomic E-state index is -0.254. The lowest BCUT2D eigenvalue weighted by Crippen LogP contribution is -2.32. The molecular formula is C8H11BrN2. The number of hydrogen-bond acceptors (Lipinski definition) is 2. The summed E-state index contributed by atoms with van der Waals surface area (Å²) in [6.45, 7) is 0. The van der Waals surface area contributed by atoms with E-state index in [0.29, 0.717) is 0 Å². The van der Waals surface area contributed by atoms with Gasteiger partial charge in [-0.1, -0.05) is 28.1 Å². The van der Waals surface area contributed by atoms with E-state index in [4.69, 9.17) is 11.5 Å². The molecule has 1 rings (SSSR count). The normalized spacial score (nSPS) is 10.5. The van der Waals surface area contributed by atoms with Crippen molar-refractivity contribution in [1.82, 2.24) is 0 Å². The first-order valence-electron chi connectivity index (χ1n) is 3.44. The van der Waals surface area contributed by atoms with Gasteiger partial charge in [-0.05, 0) is 17.7 Å². The largest absolute Gasteiger partial charge is 0.316 e. The third kappa shape index (κ3) is 3.01. The highest BCUT2D eigenvalue weighted by atomic mass is 79.9. The number of nitrogens with two attached hydrogens (primary N) is 2. The minimum Gasteiger partial charge on any atom is -0.316 e. The number of hydrogen-bond donors (Lipinski definition) is 2. The summed E-state index contributed by atoms with van der Waals surface area (Å²) in [7, 11) is 0. The Labute approximate surface area is 74.7 Å². The Balaban J connectivity index is 2.66. The average Bonchev–Trinajstić information content (AvgIpc) is 1.93. The van der Waals surface area contributed by atoms with Crippen LogP contribution < -0.4 is 11.5 Å². The molecule has 0 aliphatic carbocycles. The molecule has 0 saturated heterocycles. The Bertz CT molecular complexity index is 218. The van der Waals surface area contributed by atoms with Crippen molar-refractivity contribution in [2.45, 2.75) is 12.6 Å². The Kier molecular flexibility index (Phi) is 3.05. The molecule has 1 aromatic carbocycles. The maximum absolute atomic E-state index is 5.43. The molecule has 0 aliphatic heterocycles. The van der Waals surface area contributed by atoms with Crippen LogP contribution in [0.15, 0.2) is 28.7 Å². The summed E-state index contributed by atoms with van der Waals surface area (Å²) in [6.07, 6.45) is 0.476. The van der Waals surface area contributed by atoms with E-state index < -0.39 is 0 Å². The van der Waals surface area contributed by atoms with Crippen molar-refractivity contribution in [3.63, 3.8) is 0 Å². The van der Waals surface area contributed by atoms with Gasteiger partial charge in [0.15, 0.2) is 0 Å². The lowest BCUT2D eigenvalue weighted by molar-refractivity contribution is 0.703. The van der Waals surface area contributed by atoms with E-state index in [1.165, 1.54) is 5.56 Å². The highest BCUT2D eigenvalue weighted by Gasteiger charge is 1.96.